The molecule has 1 aromatic carbocycles. The second-order valence-electron chi connectivity index (χ2n) is 6.82. The Morgan fingerprint density at radius 3 is 2.45 bits per heavy atom. The summed E-state index contributed by atoms with van der Waals surface area (Å²) in [4.78, 5) is 40.2. The van der Waals surface area contributed by atoms with E-state index in [9.17, 15) is 24.6 Å². The zero-order chi connectivity index (χ0) is 21.6. The van der Waals surface area contributed by atoms with Gasteiger partial charge >= 0.3 is 11.9 Å². The zero-order valence-corrected chi connectivity index (χ0v) is 16.5. The average Bonchev–Trinajstić information content (AvgIpc) is 3.06. The van der Waals surface area contributed by atoms with Crippen LogP contribution in [0.3, 0.4) is 0 Å². The van der Waals surface area contributed by atoms with Crippen LogP contribution in [0.5, 0.6) is 5.75 Å². The molecule has 0 unspecified atom stereocenters. The van der Waals surface area contributed by atoms with E-state index in [0.29, 0.717) is 19.5 Å². The summed E-state index contributed by atoms with van der Waals surface area (Å²) in [5.41, 5.74) is 1.64. The second-order valence-corrected chi connectivity index (χ2v) is 6.82. The highest BCUT2D eigenvalue weighted by Gasteiger charge is 2.29. The highest BCUT2D eigenvalue weighted by Crippen LogP contribution is 2.25. The number of phenols is 1. The number of carboxylic acid groups (broad SMARTS) is 2. The minimum absolute atomic E-state index is 0.113. The molecule has 5 N–H and O–H groups in total. The number of rotatable bonds is 11. The highest BCUT2D eigenvalue weighted by molar-refractivity contribution is 5.89. The van der Waals surface area contributed by atoms with Gasteiger partial charge in [0.15, 0.2) is 0 Å². The number of fused-ring (bicyclic) bond motifs is 1. The van der Waals surface area contributed by atoms with Gasteiger partial charge in [-0.3, -0.25) is 14.5 Å². The molecule has 1 amide bonds. The summed E-state index contributed by atoms with van der Waals surface area (Å²) in [5.74, 6) is -2.75. The molecule has 158 valence electrons. The number of aliphatic carboxylic acids is 2. The molecule has 0 aliphatic carbocycles. The van der Waals surface area contributed by atoms with Crippen molar-refractivity contribution >= 4 is 28.7 Å². The Hall–Kier alpha value is -3.07. The summed E-state index contributed by atoms with van der Waals surface area (Å²) >= 11 is 0. The molecule has 9 nitrogen and oxygen atoms in total. The van der Waals surface area contributed by atoms with E-state index in [1.165, 1.54) is 0 Å². The number of benzene rings is 1. The molecule has 0 bridgehead atoms. The fourth-order valence-electron chi connectivity index (χ4n) is 3.39. The summed E-state index contributed by atoms with van der Waals surface area (Å²) in [5, 5.41) is 31.2. The van der Waals surface area contributed by atoms with Crippen LogP contribution in [0.1, 0.15) is 32.3 Å². The average molecular weight is 405 g/mol. The molecule has 0 aliphatic rings. The maximum absolute atomic E-state index is 13.0. The molecule has 2 rings (SSSR count). The van der Waals surface area contributed by atoms with Crippen LogP contribution in [0.15, 0.2) is 24.4 Å². The van der Waals surface area contributed by atoms with E-state index in [1.54, 1.807) is 24.4 Å². The van der Waals surface area contributed by atoms with Crippen molar-refractivity contribution in [2.45, 2.75) is 45.2 Å². The van der Waals surface area contributed by atoms with Crippen molar-refractivity contribution in [2.24, 2.45) is 0 Å². The molecule has 1 heterocycles. The van der Waals surface area contributed by atoms with Crippen molar-refractivity contribution in [3.05, 3.63) is 30.0 Å². The lowest BCUT2D eigenvalue weighted by Gasteiger charge is -2.29. The van der Waals surface area contributed by atoms with Crippen LogP contribution in [-0.2, 0) is 20.8 Å². The van der Waals surface area contributed by atoms with E-state index in [0.717, 1.165) is 16.5 Å². The third-order valence-corrected chi connectivity index (χ3v) is 4.98. The fourth-order valence-corrected chi connectivity index (χ4v) is 3.39. The number of amides is 1. The highest BCUT2D eigenvalue weighted by atomic mass is 16.4. The topological polar surface area (TPSA) is 143 Å². The van der Waals surface area contributed by atoms with E-state index in [1.807, 2.05) is 18.7 Å². The molecule has 1 aromatic heterocycles. The summed E-state index contributed by atoms with van der Waals surface area (Å²) < 4.78 is 0. The van der Waals surface area contributed by atoms with Gasteiger partial charge in [-0.15, -0.1) is 0 Å². The maximum atomic E-state index is 13.0. The predicted molar refractivity (Wildman–Crippen MR) is 107 cm³/mol. The van der Waals surface area contributed by atoms with Crippen LogP contribution in [0, 0.1) is 0 Å². The number of aromatic hydroxyl groups is 1. The van der Waals surface area contributed by atoms with Gasteiger partial charge in [0.05, 0.1) is 6.04 Å². The van der Waals surface area contributed by atoms with Crippen LogP contribution in [0.2, 0.25) is 0 Å². The van der Waals surface area contributed by atoms with Crippen molar-refractivity contribution in [2.75, 3.05) is 13.1 Å². The molecule has 2 atom stereocenters. The van der Waals surface area contributed by atoms with Crippen LogP contribution in [0.4, 0.5) is 0 Å². The molecule has 0 aliphatic heterocycles. The molecular weight excluding hydrogens is 378 g/mol. The largest absolute Gasteiger partial charge is 0.508 e. The number of carbonyl (C=O) groups is 3. The van der Waals surface area contributed by atoms with Crippen LogP contribution in [-0.4, -0.2) is 68.2 Å². The lowest BCUT2D eigenvalue weighted by molar-refractivity contribution is -0.143. The van der Waals surface area contributed by atoms with Crippen molar-refractivity contribution in [3.8, 4) is 5.75 Å². The quantitative estimate of drug-likeness (QED) is 0.382. The SMILES string of the molecule is CCN(CC)[C@@H](Cc1c[nH]c2ccc(O)cc12)C(=O)N[C@@H](CCC(=O)O)C(=O)O. The number of nitrogens with one attached hydrogen (secondary N) is 2. The Morgan fingerprint density at radius 1 is 1.17 bits per heavy atom. The molecule has 9 heteroatoms. The number of nitrogens with zero attached hydrogens (tertiary/aromatic N) is 1. The standard InChI is InChI=1S/C20H27N3O6/c1-3-23(4-2)17(19(27)22-16(20(28)29)7-8-18(25)26)9-12-11-21-15-6-5-13(24)10-14(12)15/h5-6,10-11,16-17,21,24H,3-4,7-9H2,1-2H3,(H,22,27)(H,25,26)(H,28,29)/t16-,17-/m0/s1. The van der Waals surface area contributed by atoms with Crippen LogP contribution >= 0.6 is 0 Å². The summed E-state index contributed by atoms with van der Waals surface area (Å²) in [7, 11) is 0. The van der Waals surface area contributed by atoms with Gasteiger partial charge in [0.1, 0.15) is 11.8 Å². The molecule has 0 fully saturated rings. The lowest BCUT2D eigenvalue weighted by Crippen LogP contribution is -2.52. The summed E-state index contributed by atoms with van der Waals surface area (Å²) in [6.45, 7) is 4.97. The molecule has 0 radical (unpaired) electrons. The van der Waals surface area contributed by atoms with Gasteiger partial charge in [-0.25, -0.2) is 4.79 Å². The number of phenolic OH excluding ortho intramolecular Hbond substituents is 1. The first-order valence-corrected chi connectivity index (χ1v) is 9.54. The first-order chi connectivity index (χ1) is 13.8. The van der Waals surface area contributed by atoms with Gasteiger partial charge < -0.3 is 25.6 Å². The Kier molecular flexibility index (Phi) is 7.60. The number of aromatic amines is 1. The minimum atomic E-state index is -1.27. The van der Waals surface area contributed by atoms with E-state index < -0.39 is 29.9 Å². The number of likely N-dealkylation sites (N-methyl/N-ethyl adjacent to an activating group) is 1. The minimum Gasteiger partial charge on any atom is -0.508 e. The van der Waals surface area contributed by atoms with Crippen LogP contribution in [0.25, 0.3) is 10.9 Å². The van der Waals surface area contributed by atoms with E-state index in [-0.39, 0.29) is 18.6 Å². The number of carbonyl (C=O) groups excluding carboxylic acids is 1. The first-order valence-electron chi connectivity index (χ1n) is 9.54. The number of hydrogen-bond acceptors (Lipinski definition) is 5. The first kappa shape index (κ1) is 22.2. The lowest BCUT2D eigenvalue weighted by atomic mass is 10.0. The number of hydrogen-bond donors (Lipinski definition) is 5. The van der Waals surface area contributed by atoms with E-state index in [2.05, 4.69) is 10.3 Å². The van der Waals surface area contributed by atoms with E-state index in [4.69, 9.17) is 5.11 Å². The number of carboxylic acids is 2. The monoisotopic (exact) mass is 405 g/mol. The van der Waals surface area contributed by atoms with Crippen LogP contribution < -0.4 is 5.32 Å². The molecule has 2 aromatic rings. The van der Waals surface area contributed by atoms with Gasteiger partial charge in [-0.2, -0.15) is 0 Å². The molecular formula is C20H27N3O6. The predicted octanol–water partition coefficient (Wildman–Crippen LogP) is 1.56. The van der Waals surface area contributed by atoms with Crippen molar-refractivity contribution in [1.29, 1.82) is 0 Å². The third kappa shape index (κ3) is 5.71. The van der Waals surface area contributed by atoms with E-state index >= 15 is 0 Å². The Balaban J connectivity index is 2.26. The van der Waals surface area contributed by atoms with Gasteiger partial charge in [0.2, 0.25) is 5.91 Å². The Bertz CT molecular complexity index is 874. The normalized spacial score (nSPS) is 13.3. The molecule has 29 heavy (non-hydrogen) atoms. The van der Waals surface area contributed by atoms with Crippen molar-refractivity contribution in [1.82, 2.24) is 15.2 Å². The molecule has 0 saturated heterocycles. The maximum Gasteiger partial charge on any atom is 0.326 e. The molecule has 0 saturated carbocycles. The van der Waals surface area contributed by atoms with Crippen molar-refractivity contribution in [3.63, 3.8) is 0 Å². The van der Waals surface area contributed by atoms with Gasteiger partial charge in [-0.1, -0.05) is 13.8 Å². The second kappa shape index (κ2) is 9.92. The fraction of sp³-hybridized carbons (Fsp3) is 0.450. The van der Waals surface area contributed by atoms with Gasteiger partial charge in [0, 0.05) is 23.5 Å². The third-order valence-electron chi connectivity index (χ3n) is 4.98. The summed E-state index contributed by atoms with van der Waals surface area (Å²) in [6, 6.07) is 3.01. The van der Waals surface area contributed by atoms with Gasteiger partial charge in [-0.05, 0) is 49.7 Å². The number of H-pyrrole nitrogens is 1. The Labute approximate surface area is 168 Å². The summed E-state index contributed by atoms with van der Waals surface area (Å²) in [6.07, 6.45) is 1.53. The Morgan fingerprint density at radius 2 is 1.86 bits per heavy atom. The smallest absolute Gasteiger partial charge is 0.326 e. The number of aromatic nitrogens is 1. The zero-order valence-electron chi connectivity index (χ0n) is 16.5. The van der Waals surface area contributed by atoms with Gasteiger partial charge in [0.25, 0.3) is 0 Å². The molecule has 0 spiro atoms. The van der Waals surface area contributed by atoms with Crippen molar-refractivity contribution < 1.29 is 29.7 Å².